The van der Waals surface area contributed by atoms with Crippen molar-refractivity contribution in [2.24, 2.45) is 0 Å². The lowest BCUT2D eigenvalue weighted by Gasteiger charge is -2.25. The van der Waals surface area contributed by atoms with Gasteiger partial charge >= 0.3 is 0 Å². The first kappa shape index (κ1) is 18.5. The van der Waals surface area contributed by atoms with E-state index in [1.54, 1.807) is 14.2 Å². The predicted molar refractivity (Wildman–Crippen MR) is 109 cm³/mol. The molecule has 4 rings (SSSR count). The fraction of sp³-hybridized carbons (Fsp3) is 0.250. The molecule has 1 N–H and O–H groups in total. The van der Waals surface area contributed by atoms with E-state index in [1.165, 1.54) is 5.56 Å². The van der Waals surface area contributed by atoms with Crippen LogP contribution in [0.15, 0.2) is 66.7 Å². The van der Waals surface area contributed by atoms with Crippen LogP contribution >= 0.6 is 0 Å². The van der Waals surface area contributed by atoms with Crippen molar-refractivity contribution in [3.8, 4) is 22.6 Å². The third kappa shape index (κ3) is 3.49. The van der Waals surface area contributed by atoms with Crippen LogP contribution in [-0.4, -0.2) is 32.0 Å². The summed E-state index contributed by atoms with van der Waals surface area (Å²) in [4.78, 5) is 0. The average Bonchev–Trinajstić information content (AvgIpc) is 2.92. The number of hydrogen-bond donors (Lipinski definition) is 1. The van der Waals surface area contributed by atoms with Gasteiger partial charge in [-0.15, -0.1) is 0 Å². The van der Waals surface area contributed by atoms with Gasteiger partial charge in [-0.2, -0.15) is 0 Å². The fourth-order valence-electron chi connectivity index (χ4n) is 3.90. The van der Waals surface area contributed by atoms with Gasteiger partial charge in [0, 0.05) is 17.5 Å². The molecule has 0 spiro atoms. The number of rotatable bonds is 4. The molecule has 3 aromatic rings. The minimum absolute atomic E-state index is 0.233. The summed E-state index contributed by atoms with van der Waals surface area (Å²) in [5, 5.41) is 10.9. The first-order valence-corrected chi connectivity index (χ1v) is 9.37. The SMILES string of the molecule is COc1cc2c(c(OC)c1)[C@@H](c1ccc(-c3ccccc3)cc1)[C@H](O)COC2. The van der Waals surface area contributed by atoms with E-state index >= 15 is 0 Å². The van der Waals surface area contributed by atoms with E-state index in [-0.39, 0.29) is 12.5 Å². The Morgan fingerprint density at radius 3 is 2.29 bits per heavy atom. The minimum Gasteiger partial charge on any atom is -0.497 e. The van der Waals surface area contributed by atoms with Gasteiger partial charge in [0.1, 0.15) is 11.5 Å². The Bertz CT molecular complexity index is 935. The van der Waals surface area contributed by atoms with Gasteiger partial charge in [0.25, 0.3) is 0 Å². The molecule has 0 aliphatic carbocycles. The lowest BCUT2D eigenvalue weighted by molar-refractivity contribution is 0.0296. The molecule has 144 valence electrons. The first-order chi connectivity index (χ1) is 13.7. The van der Waals surface area contributed by atoms with E-state index in [0.29, 0.717) is 18.1 Å². The molecular weight excluding hydrogens is 352 g/mol. The molecule has 0 saturated carbocycles. The summed E-state index contributed by atoms with van der Waals surface area (Å²) in [6.07, 6.45) is -0.661. The third-order valence-corrected chi connectivity index (χ3v) is 5.28. The number of methoxy groups -OCH3 is 2. The Kier molecular flexibility index (Phi) is 5.33. The topological polar surface area (TPSA) is 47.9 Å². The van der Waals surface area contributed by atoms with E-state index in [0.717, 1.165) is 22.3 Å². The van der Waals surface area contributed by atoms with Crippen molar-refractivity contribution >= 4 is 0 Å². The van der Waals surface area contributed by atoms with Crippen molar-refractivity contribution in [2.45, 2.75) is 18.6 Å². The van der Waals surface area contributed by atoms with Crippen LogP contribution in [0.4, 0.5) is 0 Å². The molecule has 2 atom stereocenters. The Labute approximate surface area is 165 Å². The Balaban J connectivity index is 1.79. The summed E-state index contributed by atoms with van der Waals surface area (Å²) in [6.45, 7) is 0.684. The van der Waals surface area contributed by atoms with E-state index in [9.17, 15) is 5.11 Å². The molecule has 0 saturated heterocycles. The maximum Gasteiger partial charge on any atom is 0.126 e. The largest absolute Gasteiger partial charge is 0.497 e. The Morgan fingerprint density at radius 1 is 0.893 bits per heavy atom. The molecule has 0 aromatic heterocycles. The van der Waals surface area contributed by atoms with E-state index in [2.05, 4.69) is 36.4 Å². The van der Waals surface area contributed by atoms with Gasteiger partial charge in [-0.3, -0.25) is 0 Å². The average molecular weight is 376 g/mol. The standard InChI is InChI=1S/C24H24O4/c1-26-20-12-19-14-28-15-21(25)23(24(19)22(13-20)27-2)18-10-8-17(9-11-18)16-6-4-3-5-7-16/h3-13,21,23,25H,14-15H2,1-2H3/t21-,23+/m1/s1. The van der Waals surface area contributed by atoms with Crippen LogP contribution < -0.4 is 9.47 Å². The van der Waals surface area contributed by atoms with Gasteiger partial charge < -0.3 is 19.3 Å². The second kappa shape index (κ2) is 8.05. The first-order valence-electron chi connectivity index (χ1n) is 9.37. The lowest BCUT2D eigenvalue weighted by Crippen LogP contribution is -2.23. The normalized spacial score (nSPS) is 18.8. The van der Waals surface area contributed by atoms with Gasteiger partial charge in [-0.1, -0.05) is 54.6 Å². The van der Waals surface area contributed by atoms with Gasteiger partial charge in [-0.25, -0.2) is 0 Å². The molecule has 1 heterocycles. The Morgan fingerprint density at radius 2 is 1.61 bits per heavy atom. The van der Waals surface area contributed by atoms with Gasteiger partial charge in [0.2, 0.25) is 0 Å². The summed E-state index contributed by atoms with van der Waals surface area (Å²) < 4.78 is 16.8. The third-order valence-electron chi connectivity index (χ3n) is 5.28. The van der Waals surface area contributed by atoms with Crippen LogP contribution in [-0.2, 0) is 11.3 Å². The maximum absolute atomic E-state index is 10.9. The van der Waals surface area contributed by atoms with Crippen LogP contribution in [0.25, 0.3) is 11.1 Å². The van der Waals surface area contributed by atoms with Gasteiger partial charge in [0.05, 0.1) is 33.5 Å². The van der Waals surface area contributed by atoms with Crippen LogP contribution in [0.1, 0.15) is 22.6 Å². The number of ether oxygens (including phenoxy) is 3. The molecule has 0 bridgehead atoms. The van der Waals surface area contributed by atoms with Crippen LogP contribution in [0, 0.1) is 0 Å². The number of hydrogen-bond acceptors (Lipinski definition) is 4. The van der Waals surface area contributed by atoms with Crippen molar-refractivity contribution < 1.29 is 19.3 Å². The number of aliphatic hydroxyl groups excluding tert-OH is 1. The molecule has 4 nitrogen and oxygen atoms in total. The molecule has 0 radical (unpaired) electrons. The molecule has 1 aliphatic rings. The molecule has 3 aromatic carbocycles. The van der Waals surface area contributed by atoms with Crippen LogP contribution in [0.5, 0.6) is 11.5 Å². The summed E-state index contributed by atoms with van der Waals surface area (Å²) >= 11 is 0. The highest BCUT2D eigenvalue weighted by molar-refractivity contribution is 5.64. The molecule has 4 heteroatoms. The zero-order valence-electron chi connectivity index (χ0n) is 16.1. The summed E-state index contributed by atoms with van der Waals surface area (Å²) in [7, 11) is 3.27. The molecule has 0 unspecified atom stereocenters. The van der Waals surface area contributed by atoms with Crippen molar-refractivity contribution in [2.75, 3.05) is 20.8 Å². The molecule has 0 fully saturated rings. The Hall–Kier alpha value is -2.82. The van der Waals surface area contributed by atoms with Crippen molar-refractivity contribution in [1.29, 1.82) is 0 Å². The molecular formula is C24H24O4. The molecule has 0 amide bonds. The van der Waals surface area contributed by atoms with E-state index in [4.69, 9.17) is 14.2 Å². The predicted octanol–water partition coefficient (Wildman–Crippen LogP) is 4.39. The highest BCUT2D eigenvalue weighted by atomic mass is 16.5. The lowest BCUT2D eigenvalue weighted by atomic mass is 9.83. The van der Waals surface area contributed by atoms with Gasteiger partial charge in [-0.05, 0) is 28.3 Å². The number of benzene rings is 3. The summed E-state index contributed by atoms with van der Waals surface area (Å²) in [5.74, 6) is 1.19. The van der Waals surface area contributed by atoms with E-state index in [1.807, 2.05) is 30.3 Å². The molecule has 1 aliphatic heterocycles. The summed E-state index contributed by atoms with van der Waals surface area (Å²) in [6, 6.07) is 22.4. The maximum atomic E-state index is 10.9. The highest BCUT2D eigenvalue weighted by Crippen LogP contribution is 2.42. The number of fused-ring (bicyclic) bond motifs is 1. The van der Waals surface area contributed by atoms with Crippen molar-refractivity contribution in [3.63, 3.8) is 0 Å². The molecule has 28 heavy (non-hydrogen) atoms. The fourth-order valence-corrected chi connectivity index (χ4v) is 3.90. The van der Waals surface area contributed by atoms with Crippen LogP contribution in [0.2, 0.25) is 0 Å². The quantitative estimate of drug-likeness (QED) is 0.733. The monoisotopic (exact) mass is 376 g/mol. The summed E-state index contributed by atoms with van der Waals surface area (Å²) in [5.41, 5.74) is 5.28. The van der Waals surface area contributed by atoms with Gasteiger partial charge in [0.15, 0.2) is 0 Å². The smallest absolute Gasteiger partial charge is 0.126 e. The second-order valence-corrected chi connectivity index (χ2v) is 6.95. The zero-order valence-corrected chi connectivity index (χ0v) is 16.1. The van der Waals surface area contributed by atoms with Crippen molar-refractivity contribution in [3.05, 3.63) is 83.4 Å². The van der Waals surface area contributed by atoms with Crippen LogP contribution in [0.3, 0.4) is 0 Å². The zero-order chi connectivity index (χ0) is 19.5. The number of aliphatic hydroxyl groups is 1. The minimum atomic E-state index is -0.661. The second-order valence-electron chi connectivity index (χ2n) is 6.95. The van der Waals surface area contributed by atoms with E-state index < -0.39 is 6.10 Å². The van der Waals surface area contributed by atoms with Crippen molar-refractivity contribution in [1.82, 2.24) is 0 Å². The highest BCUT2D eigenvalue weighted by Gasteiger charge is 2.32.